The smallest absolute Gasteiger partial charge is 0.343 e. The Morgan fingerprint density at radius 2 is 1.74 bits per heavy atom. The van der Waals surface area contributed by atoms with Crippen molar-refractivity contribution in [3.63, 3.8) is 0 Å². The van der Waals surface area contributed by atoms with Gasteiger partial charge in [0.05, 0.1) is 33.3 Å². The van der Waals surface area contributed by atoms with E-state index < -0.39 is 17.9 Å². The van der Waals surface area contributed by atoms with Gasteiger partial charge in [-0.1, -0.05) is 30.3 Å². The lowest BCUT2D eigenvalue weighted by Gasteiger charge is -2.27. The van der Waals surface area contributed by atoms with E-state index in [1.807, 2.05) is 0 Å². The summed E-state index contributed by atoms with van der Waals surface area (Å²) < 4.78 is 32.9. The third-order valence-electron chi connectivity index (χ3n) is 6.37. The van der Waals surface area contributed by atoms with Gasteiger partial charge in [-0.05, 0) is 30.3 Å². The standard InChI is InChI=1S/C29H24O9/c1-33-22-10-6-7-16(28(22)35-3)13-23-27(32)18-11-12-21-26(29(18)38-23)19(14-24(30)37-21)17-8-4-5-9-20(17)36-15-25(31)34-2/h4-13,19H,14-15H2,1-3H3. The Morgan fingerprint density at radius 3 is 2.50 bits per heavy atom. The zero-order valence-corrected chi connectivity index (χ0v) is 20.9. The highest BCUT2D eigenvalue weighted by molar-refractivity contribution is 6.15. The number of rotatable bonds is 7. The van der Waals surface area contributed by atoms with Gasteiger partial charge >= 0.3 is 11.9 Å². The van der Waals surface area contributed by atoms with Gasteiger partial charge in [0.15, 0.2) is 23.9 Å². The van der Waals surface area contributed by atoms with Gasteiger partial charge in [0.25, 0.3) is 0 Å². The molecule has 5 rings (SSSR count). The zero-order chi connectivity index (χ0) is 26.8. The minimum atomic E-state index is -0.548. The Labute approximate surface area is 218 Å². The highest BCUT2D eigenvalue weighted by Gasteiger charge is 2.39. The van der Waals surface area contributed by atoms with Crippen molar-refractivity contribution < 1.29 is 42.8 Å². The van der Waals surface area contributed by atoms with Crippen LogP contribution in [0.15, 0.2) is 60.4 Å². The molecule has 2 heterocycles. The first-order chi connectivity index (χ1) is 18.4. The molecule has 0 amide bonds. The summed E-state index contributed by atoms with van der Waals surface area (Å²) in [6, 6.07) is 15.5. The van der Waals surface area contributed by atoms with E-state index in [9.17, 15) is 14.4 Å². The summed E-state index contributed by atoms with van der Waals surface area (Å²) in [4.78, 5) is 37.6. The molecule has 9 heteroatoms. The molecule has 0 bridgehead atoms. The zero-order valence-electron chi connectivity index (χ0n) is 20.9. The number of allylic oxidation sites excluding steroid dienone is 1. The molecule has 1 atom stereocenters. The molecule has 9 nitrogen and oxygen atoms in total. The number of hydrogen-bond donors (Lipinski definition) is 0. The van der Waals surface area contributed by atoms with Crippen LogP contribution in [-0.4, -0.2) is 45.7 Å². The summed E-state index contributed by atoms with van der Waals surface area (Å²) in [6.07, 6.45) is 1.58. The first kappa shape index (κ1) is 24.9. The molecule has 0 aromatic heterocycles. The topological polar surface area (TPSA) is 107 Å². The maximum Gasteiger partial charge on any atom is 0.343 e. The van der Waals surface area contributed by atoms with Gasteiger partial charge in [0.2, 0.25) is 5.78 Å². The second-order valence-electron chi connectivity index (χ2n) is 8.51. The van der Waals surface area contributed by atoms with Gasteiger partial charge in [0, 0.05) is 22.6 Å². The second kappa shape index (κ2) is 10.3. The molecule has 3 aromatic rings. The molecule has 0 saturated carbocycles. The predicted octanol–water partition coefficient (Wildman–Crippen LogP) is 4.31. The Hall–Kier alpha value is -4.79. The van der Waals surface area contributed by atoms with E-state index in [1.54, 1.807) is 60.7 Å². The fourth-order valence-corrected chi connectivity index (χ4v) is 4.63. The number of carbonyl (C=O) groups is 3. The monoisotopic (exact) mass is 516 g/mol. The van der Waals surface area contributed by atoms with Crippen LogP contribution in [0.3, 0.4) is 0 Å². The number of methoxy groups -OCH3 is 3. The first-order valence-corrected chi connectivity index (χ1v) is 11.8. The molecule has 1 unspecified atom stereocenters. The molecular formula is C29H24O9. The largest absolute Gasteiger partial charge is 0.493 e. The average molecular weight is 517 g/mol. The van der Waals surface area contributed by atoms with E-state index in [4.69, 9.17) is 23.7 Å². The van der Waals surface area contributed by atoms with E-state index in [0.29, 0.717) is 51.0 Å². The summed E-state index contributed by atoms with van der Waals surface area (Å²) in [5, 5.41) is 0. The fourth-order valence-electron chi connectivity index (χ4n) is 4.63. The highest BCUT2D eigenvalue weighted by Crippen LogP contribution is 2.50. The Morgan fingerprint density at radius 1 is 0.947 bits per heavy atom. The number of para-hydroxylation sites is 2. The van der Waals surface area contributed by atoms with Crippen LogP contribution >= 0.6 is 0 Å². The van der Waals surface area contributed by atoms with Crippen molar-refractivity contribution in [3.8, 4) is 28.7 Å². The quantitative estimate of drug-likeness (QED) is 0.258. The van der Waals surface area contributed by atoms with E-state index in [-0.39, 0.29) is 24.6 Å². The van der Waals surface area contributed by atoms with Gasteiger partial charge in [-0.25, -0.2) is 4.79 Å². The van der Waals surface area contributed by atoms with Crippen LogP contribution in [0.25, 0.3) is 6.08 Å². The number of carbonyl (C=O) groups excluding carboxylic acids is 3. The van der Waals surface area contributed by atoms with Crippen LogP contribution in [0, 0.1) is 0 Å². The van der Waals surface area contributed by atoms with Gasteiger partial charge in [-0.3, -0.25) is 9.59 Å². The molecule has 2 aliphatic heterocycles. The van der Waals surface area contributed by atoms with E-state index >= 15 is 0 Å². The van der Waals surface area contributed by atoms with Crippen molar-refractivity contribution in [1.82, 2.24) is 0 Å². The first-order valence-electron chi connectivity index (χ1n) is 11.8. The van der Waals surface area contributed by atoms with E-state index in [1.165, 1.54) is 21.3 Å². The SMILES string of the molecule is COC(=O)COc1ccccc1C1CC(=O)Oc2ccc3c(c21)OC(=Cc1cccc(OC)c1OC)C3=O. The van der Waals surface area contributed by atoms with Crippen molar-refractivity contribution in [2.45, 2.75) is 12.3 Å². The van der Waals surface area contributed by atoms with Gasteiger partial charge in [-0.2, -0.15) is 0 Å². The van der Waals surface area contributed by atoms with Crippen LogP contribution in [0.2, 0.25) is 0 Å². The Balaban J connectivity index is 1.58. The molecule has 0 aliphatic carbocycles. The number of fused-ring (bicyclic) bond motifs is 3. The number of Topliss-reactive ketones (excluding diaryl/α,β-unsaturated/α-hetero) is 1. The summed E-state index contributed by atoms with van der Waals surface area (Å²) in [7, 11) is 4.32. The maximum atomic E-state index is 13.4. The minimum absolute atomic E-state index is 0.0116. The number of hydrogen-bond acceptors (Lipinski definition) is 9. The summed E-state index contributed by atoms with van der Waals surface area (Å²) in [6.45, 7) is -0.297. The van der Waals surface area contributed by atoms with E-state index in [2.05, 4.69) is 4.74 Å². The molecule has 3 aromatic carbocycles. The van der Waals surface area contributed by atoms with Crippen LogP contribution in [0.5, 0.6) is 28.7 Å². The third kappa shape index (κ3) is 4.43. The van der Waals surface area contributed by atoms with Gasteiger partial charge < -0.3 is 28.4 Å². The Bertz CT molecular complexity index is 1470. The summed E-state index contributed by atoms with van der Waals surface area (Å²) in [5.74, 6) is 0.215. The fraction of sp³-hybridized carbons (Fsp3) is 0.207. The molecule has 38 heavy (non-hydrogen) atoms. The lowest BCUT2D eigenvalue weighted by atomic mass is 9.84. The highest BCUT2D eigenvalue weighted by atomic mass is 16.6. The van der Waals surface area contributed by atoms with Gasteiger partial charge in [-0.15, -0.1) is 0 Å². The molecule has 0 fully saturated rings. The van der Waals surface area contributed by atoms with Crippen LogP contribution in [-0.2, 0) is 14.3 Å². The number of esters is 2. The Kier molecular flexibility index (Phi) is 6.74. The molecular weight excluding hydrogens is 492 g/mol. The second-order valence-corrected chi connectivity index (χ2v) is 8.51. The molecule has 0 saturated heterocycles. The van der Waals surface area contributed by atoms with Crippen molar-refractivity contribution in [1.29, 1.82) is 0 Å². The molecule has 194 valence electrons. The van der Waals surface area contributed by atoms with Crippen molar-refractivity contribution in [2.75, 3.05) is 27.9 Å². The van der Waals surface area contributed by atoms with Gasteiger partial charge in [0.1, 0.15) is 17.2 Å². The molecule has 0 spiro atoms. The number of ether oxygens (including phenoxy) is 6. The van der Waals surface area contributed by atoms with Crippen molar-refractivity contribution >= 4 is 23.8 Å². The van der Waals surface area contributed by atoms with E-state index in [0.717, 1.165) is 0 Å². The maximum absolute atomic E-state index is 13.4. The minimum Gasteiger partial charge on any atom is -0.493 e. The average Bonchev–Trinajstić information content (AvgIpc) is 3.25. The van der Waals surface area contributed by atoms with Crippen molar-refractivity contribution in [2.24, 2.45) is 0 Å². The lowest BCUT2D eigenvalue weighted by molar-refractivity contribution is -0.143. The van der Waals surface area contributed by atoms with Crippen molar-refractivity contribution in [3.05, 3.63) is 82.6 Å². The summed E-state index contributed by atoms with van der Waals surface area (Å²) in [5.41, 5.74) is 2.13. The predicted molar refractivity (Wildman–Crippen MR) is 135 cm³/mol. The lowest BCUT2D eigenvalue weighted by Crippen LogP contribution is -2.22. The number of benzene rings is 3. The molecule has 2 aliphatic rings. The summed E-state index contributed by atoms with van der Waals surface area (Å²) >= 11 is 0. The van der Waals surface area contributed by atoms with Crippen LogP contribution in [0.4, 0.5) is 0 Å². The molecule has 0 N–H and O–H groups in total. The van der Waals surface area contributed by atoms with Crippen LogP contribution in [0.1, 0.15) is 39.4 Å². The number of ketones is 1. The molecule has 0 radical (unpaired) electrons. The third-order valence-corrected chi connectivity index (χ3v) is 6.37. The van der Waals surface area contributed by atoms with Crippen LogP contribution < -0.4 is 23.7 Å². The normalized spacial score (nSPS) is 16.7.